The number of aromatic nitrogens is 2. The van der Waals surface area contributed by atoms with Crippen LogP contribution in [-0.2, 0) is 22.6 Å². The standard InChI is InChI=1S/C26H29N5O4/c1-33-22-7-5-17-6-8-26(32)30-20-14-31(25-13-24(27)28-16-29-25)10-9-21(20)34-15-18-3-2-4-19(11-18)35-23(22)12-17/h2-5,7,11-13,16,20-21H,6,8-10,14-15H2,1H3,(H,30,32)(H2,27,28,29)/t20-,21+/m0/s1. The van der Waals surface area contributed by atoms with Gasteiger partial charge in [0.05, 0.1) is 25.9 Å². The van der Waals surface area contributed by atoms with Crippen molar-refractivity contribution in [2.45, 2.75) is 38.0 Å². The number of nitrogens with two attached hydrogens (primary N) is 1. The van der Waals surface area contributed by atoms with E-state index in [0.717, 1.165) is 29.9 Å². The quantitative estimate of drug-likeness (QED) is 0.582. The molecule has 0 unspecified atom stereocenters. The Balaban J connectivity index is 1.41. The van der Waals surface area contributed by atoms with Crippen LogP contribution in [0.15, 0.2) is 54.9 Å². The van der Waals surface area contributed by atoms with E-state index in [-0.39, 0.29) is 18.1 Å². The van der Waals surface area contributed by atoms with E-state index in [1.807, 2.05) is 42.5 Å². The van der Waals surface area contributed by atoms with Crippen molar-refractivity contribution in [2.24, 2.45) is 0 Å². The van der Waals surface area contributed by atoms with Gasteiger partial charge in [0.1, 0.15) is 23.7 Å². The van der Waals surface area contributed by atoms with Crippen molar-refractivity contribution < 1.29 is 19.0 Å². The first-order valence-corrected chi connectivity index (χ1v) is 11.7. The Morgan fingerprint density at radius 2 is 2.03 bits per heavy atom. The van der Waals surface area contributed by atoms with Crippen molar-refractivity contribution in [3.8, 4) is 17.2 Å². The number of rotatable bonds is 2. The molecule has 9 heteroatoms. The number of nitrogens with zero attached hydrogens (tertiary/aromatic N) is 3. The molecule has 2 aromatic carbocycles. The molecule has 1 fully saturated rings. The van der Waals surface area contributed by atoms with Gasteiger partial charge in [-0.3, -0.25) is 4.79 Å². The van der Waals surface area contributed by atoms with E-state index < -0.39 is 0 Å². The van der Waals surface area contributed by atoms with Crippen molar-refractivity contribution >= 4 is 17.5 Å². The summed E-state index contributed by atoms with van der Waals surface area (Å²) in [6.45, 7) is 1.72. The van der Waals surface area contributed by atoms with Gasteiger partial charge in [0.15, 0.2) is 11.5 Å². The fraction of sp³-hybridized carbons (Fsp3) is 0.346. The fourth-order valence-electron chi connectivity index (χ4n) is 4.53. The number of benzene rings is 2. The van der Waals surface area contributed by atoms with Crippen molar-refractivity contribution in [3.63, 3.8) is 0 Å². The van der Waals surface area contributed by atoms with E-state index in [2.05, 4.69) is 20.2 Å². The lowest BCUT2D eigenvalue weighted by molar-refractivity contribution is -0.123. The van der Waals surface area contributed by atoms with Crippen LogP contribution in [0.3, 0.4) is 0 Å². The SMILES string of the molecule is COc1ccc2cc1Oc1cccc(c1)CO[C@@H]1CCN(c3cc(N)ncn3)C[C@@H]1NC(=O)CC2. The molecule has 1 aromatic heterocycles. The van der Waals surface area contributed by atoms with Crippen LogP contribution in [0, 0.1) is 0 Å². The molecule has 3 N–H and O–H groups in total. The summed E-state index contributed by atoms with van der Waals surface area (Å²) in [6, 6.07) is 15.2. The van der Waals surface area contributed by atoms with Gasteiger partial charge in [-0.1, -0.05) is 18.2 Å². The lowest BCUT2D eigenvalue weighted by atomic mass is 10.0. The molecule has 182 valence electrons. The summed E-state index contributed by atoms with van der Waals surface area (Å²) in [6.07, 6.45) is 2.99. The van der Waals surface area contributed by atoms with Crippen molar-refractivity contribution in [3.05, 3.63) is 66.0 Å². The number of nitrogens with one attached hydrogen (secondary N) is 1. The number of anilines is 2. The van der Waals surface area contributed by atoms with Gasteiger partial charge in [-0.05, 0) is 48.2 Å². The number of amides is 1. The van der Waals surface area contributed by atoms with Crippen LogP contribution in [0.5, 0.6) is 17.2 Å². The van der Waals surface area contributed by atoms with Crippen molar-refractivity contribution in [1.29, 1.82) is 0 Å². The van der Waals surface area contributed by atoms with Crippen molar-refractivity contribution in [2.75, 3.05) is 30.8 Å². The molecule has 3 heterocycles. The van der Waals surface area contributed by atoms with Gasteiger partial charge in [0, 0.05) is 25.6 Å². The second-order valence-corrected chi connectivity index (χ2v) is 8.79. The Hall–Kier alpha value is -3.85. The molecule has 3 aromatic rings. The third-order valence-corrected chi connectivity index (χ3v) is 6.35. The van der Waals surface area contributed by atoms with Crippen LogP contribution in [0.4, 0.5) is 11.6 Å². The Morgan fingerprint density at radius 3 is 2.89 bits per heavy atom. The zero-order valence-corrected chi connectivity index (χ0v) is 19.6. The minimum Gasteiger partial charge on any atom is -0.493 e. The zero-order chi connectivity index (χ0) is 24.2. The third-order valence-electron chi connectivity index (χ3n) is 6.35. The van der Waals surface area contributed by atoms with Crippen LogP contribution in [0.1, 0.15) is 24.0 Å². The fourth-order valence-corrected chi connectivity index (χ4v) is 4.53. The van der Waals surface area contributed by atoms with E-state index in [1.165, 1.54) is 6.33 Å². The maximum atomic E-state index is 13.0. The van der Waals surface area contributed by atoms with Gasteiger partial charge in [0.25, 0.3) is 0 Å². The lowest BCUT2D eigenvalue weighted by Crippen LogP contribution is -2.56. The Bertz CT molecular complexity index is 1200. The smallest absolute Gasteiger partial charge is 0.220 e. The van der Waals surface area contributed by atoms with E-state index in [4.69, 9.17) is 19.9 Å². The molecular formula is C26H29N5O4. The average molecular weight is 476 g/mol. The van der Waals surface area contributed by atoms with Crippen LogP contribution in [0.25, 0.3) is 0 Å². The predicted octanol–water partition coefficient (Wildman–Crippen LogP) is 3.09. The molecule has 0 aliphatic carbocycles. The Labute approximate surface area is 204 Å². The molecule has 2 aliphatic rings. The maximum absolute atomic E-state index is 13.0. The third kappa shape index (κ3) is 5.46. The molecule has 1 amide bonds. The van der Waals surface area contributed by atoms with E-state index in [1.54, 1.807) is 13.2 Å². The minimum absolute atomic E-state index is 0.0265. The summed E-state index contributed by atoms with van der Waals surface area (Å²) in [4.78, 5) is 23.4. The summed E-state index contributed by atoms with van der Waals surface area (Å²) < 4.78 is 18.0. The van der Waals surface area contributed by atoms with Gasteiger partial charge in [-0.25, -0.2) is 9.97 Å². The molecule has 0 radical (unpaired) electrons. The van der Waals surface area contributed by atoms with Crippen LogP contribution in [0.2, 0.25) is 0 Å². The van der Waals surface area contributed by atoms with Gasteiger partial charge in [-0.2, -0.15) is 0 Å². The number of piperidine rings is 1. The number of methoxy groups -OCH3 is 1. The van der Waals surface area contributed by atoms with Crippen molar-refractivity contribution in [1.82, 2.24) is 15.3 Å². The summed E-state index contributed by atoms with van der Waals surface area (Å²) in [5.74, 6) is 3.10. The minimum atomic E-state index is -0.191. The molecular weight excluding hydrogens is 446 g/mol. The zero-order valence-electron chi connectivity index (χ0n) is 19.6. The first-order valence-electron chi connectivity index (χ1n) is 11.7. The molecule has 0 spiro atoms. The highest BCUT2D eigenvalue weighted by Crippen LogP contribution is 2.33. The molecule has 2 aliphatic heterocycles. The Kier molecular flexibility index (Phi) is 6.67. The number of aryl methyl sites for hydroxylation is 1. The number of hydrogen-bond donors (Lipinski definition) is 2. The van der Waals surface area contributed by atoms with Crippen LogP contribution < -0.4 is 25.4 Å². The normalized spacial score (nSPS) is 20.5. The molecule has 4 bridgehead atoms. The van der Waals surface area contributed by atoms with Gasteiger partial charge in [0.2, 0.25) is 5.91 Å². The first-order chi connectivity index (χ1) is 17.1. The van der Waals surface area contributed by atoms with Crippen LogP contribution in [-0.4, -0.2) is 48.2 Å². The monoisotopic (exact) mass is 475 g/mol. The van der Waals surface area contributed by atoms with Crippen LogP contribution >= 0.6 is 0 Å². The van der Waals surface area contributed by atoms with Gasteiger partial charge < -0.3 is 30.2 Å². The highest BCUT2D eigenvalue weighted by atomic mass is 16.5. The summed E-state index contributed by atoms with van der Waals surface area (Å²) in [7, 11) is 1.61. The van der Waals surface area contributed by atoms with Gasteiger partial charge in [-0.15, -0.1) is 0 Å². The first kappa shape index (κ1) is 22.9. The molecule has 9 nitrogen and oxygen atoms in total. The summed E-state index contributed by atoms with van der Waals surface area (Å²) in [5.41, 5.74) is 7.85. The molecule has 5 rings (SSSR count). The second-order valence-electron chi connectivity index (χ2n) is 8.79. The Morgan fingerprint density at radius 1 is 1.11 bits per heavy atom. The molecule has 0 saturated carbocycles. The number of fused-ring (bicyclic) bond motifs is 5. The van der Waals surface area contributed by atoms with E-state index in [9.17, 15) is 4.79 Å². The topological polar surface area (TPSA) is 112 Å². The van der Waals surface area contributed by atoms with E-state index >= 15 is 0 Å². The summed E-state index contributed by atoms with van der Waals surface area (Å²) in [5, 5.41) is 3.20. The highest BCUT2D eigenvalue weighted by molar-refractivity contribution is 5.76. The summed E-state index contributed by atoms with van der Waals surface area (Å²) >= 11 is 0. The number of ether oxygens (including phenoxy) is 3. The average Bonchev–Trinajstić information content (AvgIpc) is 2.87. The maximum Gasteiger partial charge on any atom is 0.220 e. The molecule has 1 saturated heterocycles. The molecule has 35 heavy (non-hydrogen) atoms. The number of nitrogen functional groups attached to an aromatic ring is 1. The number of carbonyl (C=O) groups is 1. The highest BCUT2D eigenvalue weighted by Gasteiger charge is 2.32. The van der Waals surface area contributed by atoms with Gasteiger partial charge >= 0.3 is 0 Å². The number of carbonyl (C=O) groups excluding carboxylic acids is 1. The van der Waals surface area contributed by atoms with E-state index in [0.29, 0.717) is 49.1 Å². The lowest BCUT2D eigenvalue weighted by Gasteiger charge is -2.39. The number of hydrogen-bond acceptors (Lipinski definition) is 8. The molecule has 2 atom stereocenters. The predicted molar refractivity (Wildman–Crippen MR) is 132 cm³/mol. The largest absolute Gasteiger partial charge is 0.493 e. The second kappa shape index (κ2) is 10.2.